The first-order valence-corrected chi connectivity index (χ1v) is 13.6. The number of benzene rings is 2. The van der Waals surface area contributed by atoms with E-state index in [-0.39, 0.29) is 16.1 Å². The van der Waals surface area contributed by atoms with Crippen LogP contribution in [0.1, 0.15) is 50.5 Å². The highest BCUT2D eigenvalue weighted by molar-refractivity contribution is 7.89. The molecule has 9 heteroatoms. The maximum atomic E-state index is 13.2. The smallest absolute Gasteiger partial charge is 0.276 e. The Kier molecular flexibility index (Phi) is 7.37. The van der Waals surface area contributed by atoms with Gasteiger partial charge in [-0.1, -0.05) is 45.4 Å². The topological polar surface area (TPSA) is 101 Å². The van der Waals surface area contributed by atoms with Gasteiger partial charge in [0.05, 0.1) is 10.3 Å². The molecule has 1 saturated heterocycles. The quantitative estimate of drug-likeness (QED) is 0.530. The lowest BCUT2D eigenvalue weighted by molar-refractivity contribution is 0.102. The van der Waals surface area contributed by atoms with Crippen molar-refractivity contribution < 1.29 is 13.2 Å². The molecule has 8 nitrogen and oxygen atoms in total. The summed E-state index contributed by atoms with van der Waals surface area (Å²) in [5.74, 6) is 0.172. The number of sulfonamides is 1. The molecule has 1 aliphatic rings. The number of amides is 1. The minimum Gasteiger partial charge on any atom is -0.321 e. The third-order valence-electron chi connectivity index (χ3n) is 6.39. The molecule has 2 atom stereocenters. The Bertz CT molecular complexity index is 1370. The summed E-state index contributed by atoms with van der Waals surface area (Å²) in [4.78, 5) is 26.1. The second kappa shape index (κ2) is 10.3. The van der Waals surface area contributed by atoms with Gasteiger partial charge in [-0.3, -0.25) is 9.59 Å². The molecular formula is C26H32N4O4S. The van der Waals surface area contributed by atoms with E-state index in [1.54, 1.807) is 40.7 Å². The number of aromatic nitrogens is 2. The number of carbonyl (C=O) groups is 1. The molecule has 0 bridgehead atoms. The van der Waals surface area contributed by atoms with Gasteiger partial charge in [0.25, 0.3) is 11.5 Å². The molecule has 35 heavy (non-hydrogen) atoms. The van der Waals surface area contributed by atoms with Gasteiger partial charge in [0.2, 0.25) is 10.0 Å². The highest BCUT2D eigenvalue weighted by Gasteiger charge is 2.31. The van der Waals surface area contributed by atoms with Crippen LogP contribution in [0.5, 0.6) is 0 Å². The minimum absolute atomic E-state index is 0.157. The van der Waals surface area contributed by atoms with Crippen LogP contribution in [0, 0.1) is 11.8 Å². The van der Waals surface area contributed by atoms with Crippen LogP contribution in [0.25, 0.3) is 10.8 Å². The average molecular weight is 497 g/mol. The maximum Gasteiger partial charge on any atom is 0.276 e. The van der Waals surface area contributed by atoms with Crippen LogP contribution < -0.4 is 10.9 Å². The zero-order valence-electron chi connectivity index (χ0n) is 20.4. The van der Waals surface area contributed by atoms with Crippen LogP contribution in [0.2, 0.25) is 0 Å². The molecule has 0 spiro atoms. The van der Waals surface area contributed by atoms with Crippen molar-refractivity contribution in [2.24, 2.45) is 11.8 Å². The lowest BCUT2D eigenvalue weighted by atomic mass is 9.94. The van der Waals surface area contributed by atoms with Crippen molar-refractivity contribution in [1.82, 2.24) is 14.1 Å². The van der Waals surface area contributed by atoms with Crippen LogP contribution in [0.15, 0.2) is 58.2 Å². The number of piperidine rings is 1. The third kappa shape index (κ3) is 5.31. The molecule has 2 heterocycles. The molecule has 0 aliphatic carbocycles. The van der Waals surface area contributed by atoms with Gasteiger partial charge in [-0.05, 0) is 55.0 Å². The Balaban J connectivity index is 1.58. The summed E-state index contributed by atoms with van der Waals surface area (Å²) in [6, 6.07) is 13.1. The fourth-order valence-corrected chi connectivity index (χ4v) is 6.39. The van der Waals surface area contributed by atoms with Crippen molar-refractivity contribution in [1.29, 1.82) is 0 Å². The number of rotatable bonds is 7. The number of unbranched alkanes of at least 4 members (excludes halogenated alkanes) is 1. The monoisotopic (exact) mass is 496 g/mol. The van der Waals surface area contributed by atoms with E-state index in [2.05, 4.69) is 24.3 Å². The zero-order chi connectivity index (χ0) is 25.2. The molecule has 1 N–H and O–H groups in total. The Morgan fingerprint density at radius 1 is 1.03 bits per heavy atom. The van der Waals surface area contributed by atoms with E-state index in [4.69, 9.17) is 0 Å². The fourth-order valence-electron chi connectivity index (χ4n) is 4.71. The average Bonchev–Trinajstić information content (AvgIpc) is 2.83. The molecule has 0 saturated carbocycles. The number of hydrogen-bond donors (Lipinski definition) is 1. The minimum atomic E-state index is -3.60. The highest BCUT2D eigenvalue weighted by atomic mass is 32.2. The van der Waals surface area contributed by atoms with Gasteiger partial charge in [-0.25, -0.2) is 13.1 Å². The number of nitrogens with zero attached hydrogens (tertiary/aromatic N) is 3. The summed E-state index contributed by atoms with van der Waals surface area (Å²) in [7, 11) is -3.60. The number of anilines is 1. The normalized spacial score (nSPS) is 19.1. The predicted molar refractivity (Wildman–Crippen MR) is 137 cm³/mol. The van der Waals surface area contributed by atoms with Crippen molar-refractivity contribution in [3.05, 3.63) is 64.6 Å². The zero-order valence-corrected chi connectivity index (χ0v) is 21.2. The summed E-state index contributed by atoms with van der Waals surface area (Å²) in [5, 5.41) is 8.08. The molecule has 4 rings (SSSR count). The summed E-state index contributed by atoms with van der Waals surface area (Å²) >= 11 is 0. The van der Waals surface area contributed by atoms with Gasteiger partial charge in [-0.2, -0.15) is 9.40 Å². The van der Waals surface area contributed by atoms with Crippen molar-refractivity contribution in [2.75, 3.05) is 18.4 Å². The van der Waals surface area contributed by atoms with Crippen LogP contribution in [-0.4, -0.2) is 41.5 Å². The number of hydrogen-bond acceptors (Lipinski definition) is 5. The molecule has 1 aromatic heterocycles. The molecule has 1 aliphatic heterocycles. The molecule has 0 radical (unpaired) electrons. The summed E-state index contributed by atoms with van der Waals surface area (Å²) < 4.78 is 29.2. The van der Waals surface area contributed by atoms with E-state index in [0.29, 0.717) is 47.9 Å². The summed E-state index contributed by atoms with van der Waals surface area (Å²) in [5.41, 5.74) is 0.386. The van der Waals surface area contributed by atoms with Gasteiger partial charge in [0.15, 0.2) is 5.69 Å². The first-order valence-electron chi connectivity index (χ1n) is 12.1. The highest BCUT2D eigenvalue weighted by Crippen LogP contribution is 2.27. The Hall–Kier alpha value is -3.04. The van der Waals surface area contributed by atoms with Crippen molar-refractivity contribution in [3.63, 3.8) is 0 Å². The second-order valence-corrected chi connectivity index (χ2v) is 11.5. The van der Waals surface area contributed by atoms with Crippen molar-refractivity contribution >= 4 is 32.4 Å². The van der Waals surface area contributed by atoms with E-state index in [9.17, 15) is 18.0 Å². The number of aryl methyl sites for hydroxylation is 1. The number of carbonyl (C=O) groups excluding carboxylic acids is 1. The van der Waals surface area contributed by atoms with Gasteiger partial charge in [0.1, 0.15) is 0 Å². The van der Waals surface area contributed by atoms with Gasteiger partial charge in [-0.15, -0.1) is 0 Å². The van der Waals surface area contributed by atoms with Crippen LogP contribution in [-0.2, 0) is 16.6 Å². The van der Waals surface area contributed by atoms with Crippen molar-refractivity contribution in [2.45, 2.75) is 51.5 Å². The predicted octanol–water partition coefficient (Wildman–Crippen LogP) is 4.12. The molecular weight excluding hydrogens is 464 g/mol. The Morgan fingerprint density at radius 2 is 1.66 bits per heavy atom. The molecule has 1 fully saturated rings. The number of fused-ring (bicyclic) bond motifs is 1. The molecule has 1 amide bonds. The third-order valence-corrected chi connectivity index (χ3v) is 8.24. The van der Waals surface area contributed by atoms with E-state index in [1.165, 1.54) is 16.8 Å². The van der Waals surface area contributed by atoms with E-state index in [0.717, 1.165) is 19.3 Å². The Labute approximate surface area is 206 Å². The first-order chi connectivity index (χ1) is 16.7. The largest absolute Gasteiger partial charge is 0.321 e. The van der Waals surface area contributed by atoms with Crippen molar-refractivity contribution in [3.8, 4) is 0 Å². The standard InChI is InChI=1S/C26H32N4O4S/c1-4-5-14-30-26(32)23-9-7-6-8-22(23)24(28-30)25(31)27-20-10-12-21(13-11-20)35(33,34)29-16-18(2)15-19(3)17-29/h6-13,18-19H,4-5,14-17H2,1-3H3,(H,27,31). The van der Waals surface area contributed by atoms with E-state index < -0.39 is 15.9 Å². The van der Waals surface area contributed by atoms with Crippen LogP contribution in [0.3, 0.4) is 0 Å². The number of nitrogens with one attached hydrogen (secondary N) is 1. The van der Waals surface area contributed by atoms with Gasteiger partial charge in [0, 0.05) is 30.7 Å². The van der Waals surface area contributed by atoms with E-state index >= 15 is 0 Å². The lowest BCUT2D eigenvalue weighted by Gasteiger charge is -2.34. The maximum absolute atomic E-state index is 13.2. The fraction of sp³-hybridized carbons (Fsp3) is 0.423. The van der Waals surface area contributed by atoms with Gasteiger partial charge >= 0.3 is 0 Å². The Morgan fingerprint density at radius 3 is 2.29 bits per heavy atom. The van der Waals surface area contributed by atoms with Gasteiger partial charge < -0.3 is 5.32 Å². The summed E-state index contributed by atoms with van der Waals surface area (Å²) in [6.45, 7) is 7.62. The first kappa shape index (κ1) is 25.1. The summed E-state index contributed by atoms with van der Waals surface area (Å²) in [6.07, 6.45) is 2.69. The van der Waals surface area contributed by atoms with Crippen LogP contribution in [0.4, 0.5) is 5.69 Å². The molecule has 2 unspecified atom stereocenters. The molecule has 2 aromatic carbocycles. The second-order valence-electron chi connectivity index (χ2n) is 9.52. The van der Waals surface area contributed by atoms with E-state index in [1.807, 2.05) is 6.92 Å². The molecule has 3 aromatic rings. The SMILES string of the molecule is CCCCn1nc(C(=O)Nc2ccc(S(=O)(=O)N3CC(C)CC(C)C3)cc2)c2ccccc2c1=O. The lowest BCUT2D eigenvalue weighted by Crippen LogP contribution is -2.42. The van der Waals surface area contributed by atoms with Crippen LogP contribution >= 0.6 is 0 Å². The molecule has 186 valence electrons.